The number of quaternary nitrogens is 1. The minimum atomic E-state index is 0.612. The second-order valence-corrected chi connectivity index (χ2v) is 7.03. The molecule has 0 aromatic heterocycles. The highest BCUT2D eigenvalue weighted by atomic mass is 32.1. The van der Waals surface area contributed by atoms with E-state index in [1.807, 2.05) is 31.2 Å². The van der Waals surface area contributed by atoms with Crippen LogP contribution in [0.15, 0.2) is 48.5 Å². The van der Waals surface area contributed by atoms with E-state index in [-0.39, 0.29) is 0 Å². The van der Waals surface area contributed by atoms with Crippen molar-refractivity contribution in [2.45, 2.75) is 20.0 Å². The number of hydrogen-bond donors (Lipinski definition) is 3. The molecule has 27 heavy (non-hydrogen) atoms. The predicted octanol–water partition coefficient (Wildman–Crippen LogP) is 1.99. The van der Waals surface area contributed by atoms with Crippen LogP contribution in [0.3, 0.4) is 0 Å². The monoisotopic (exact) mass is 386 g/mol. The molecule has 1 aliphatic heterocycles. The molecule has 0 saturated carbocycles. The topological polar surface area (TPSA) is 47.0 Å². The Bertz CT molecular complexity index is 713. The van der Waals surface area contributed by atoms with Crippen molar-refractivity contribution in [1.29, 1.82) is 0 Å². The first-order valence-electron chi connectivity index (χ1n) is 9.50. The molecule has 0 atom stereocenters. The van der Waals surface area contributed by atoms with Crippen LogP contribution in [0.1, 0.15) is 18.1 Å². The largest absolute Gasteiger partial charge is 0.494 e. The van der Waals surface area contributed by atoms with E-state index in [4.69, 9.17) is 21.7 Å². The average molecular weight is 387 g/mol. The van der Waals surface area contributed by atoms with Crippen molar-refractivity contribution in [2.75, 3.05) is 38.2 Å². The molecule has 5 nitrogen and oxygen atoms in total. The van der Waals surface area contributed by atoms with E-state index in [1.54, 1.807) is 4.90 Å². The summed E-state index contributed by atoms with van der Waals surface area (Å²) in [7, 11) is 0. The van der Waals surface area contributed by atoms with Crippen LogP contribution in [0.4, 0.5) is 5.69 Å². The van der Waals surface area contributed by atoms with Crippen molar-refractivity contribution in [2.24, 2.45) is 0 Å². The molecule has 3 rings (SSSR count). The lowest BCUT2D eigenvalue weighted by molar-refractivity contribution is -0.921. The molecule has 3 N–H and O–H groups in total. The van der Waals surface area contributed by atoms with Gasteiger partial charge < -0.3 is 25.0 Å². The molecular formula is C21H28N3O2S+. The molecule has 0 radical (unpaired) electrons. The maximum atomic E-state index is 5.44. The minimum Gasteiger partial charge on any atom is -0.494 e. The summed E-state index contributed by atoms with van der Waals surface area (Å²) in [6.07, 6.45) is 0. The Morgan fingerprint density at radius 2 is 1.70 bits per heavy atom. The summed E-state index contributed by atoms with van der Waals surface area (Å²) in [4.78, 5) is 1.59. The molecule has 0 spiro atoms. The van der Waals surface area contributed by atoms with Crippen molar-refractivity contribution in [3.05, 3.63) is 59.7 Å². The molecule has 1 aliphatic rings. The van der Waals surface area contributed by atoms with E-state index in [0.717, 1.165) is 44.3 Å². The summed E-state index contributed by atoms with van der Waals surface area (Å²) in [5, 5.41) is 7.06. The predicted molar refractivity (Wildman–Crippen MR) is 112 cm³/mol. The normalized spacial score (nSPS) is 14.6. The highest BCUT2D eigenvalue weighted by Gasteiger charge is 2.13. The van der Waals surface area contributed by atoms with Gasteiger partial charge in [-0.1, -0.05) is 24.3 Å². The summed E-state index contributed by atoms with van der Waals surface area (Å²) in [6.45, 7) is 8.33. The Hall–Kier alpha value is -2.15. The molecule has 0 amide bonds. The third-order valence-electron chi connectivity index (χ3n) is 4.55. The number of morpholine rings is 1. The van der Waals surface area contributed by atoms with Gasteiger partial charge in [0.1, 0.15) is 25.4 Å². The lowest BCUT2D eigenvalue weighted by atomic mass is 10.1. The van der Waals surface area contributed by atoms with Gasteiger partial charge in [-0.15, -0.1) is 0 Å². The van der Waals surface area contributed by atoms with E-state index < -0.39 is 0 Å². The lowest BCUT2D eigenvalue weighted by Crippen LogP contribution is -3.12. The van der Waals surface area contributed by atoms with E-state index in [2.05, 4.69) is 34.9 Å². The van der Waals surface area contributed by atoms with Gasteiger partial charge in [-0.2, -0.15) is 0 Å². The second-order valence-electron chi connectivity index (χ2n) is 6.62. The number of ether oxygens (including phenoxy) is 2. The highest BCUT2D eigenvalue weighted by Crippen LogP contribution is 2.15. The molecule has 0 unspecified atom stereocenters. The van der Waals surface area contributed by atoms with Crippen LogP contribution in [0.2, 0.25) is 0 Å². The highest BCUT2D eigenvalue weighted by molar-refractivity contribution is 7.80. The van der Waals surface area contributed by atoms with Crippen LogP contribution in [-0.2, 0) is 17.8 Å². The number of hydrogen-bond acceptors (Lipinski definition) is 3. The fourth-order valence-corrected chi connectivity index (χ4v) is 3.25. The van der Waals surface area contributed by atoms with Crippen molar-refractivity contribution in [3.63, 3.8) is 0 Å². The lowest BCUT2D eigenvalue weighted by Gasteiger charge is -2.23. The second kappa shape index (κ2) is 10.3. The smallest absolute Gasteiger partial charge is 0.171 e. The Morgan fingerprint density at radius 3 is 2.37 bits per heavy atom. The van der Waals surface area contributed by atoms with Crippen molar-refractivity contribution in [1.82, 2.24) is 5.32 Å². The number of rotatable bonds is 7. The fraction of sp³-hybridized carbons (Fsp3) is 0.381. The minimum absolute atomic E-state index is 0.612. The molecule has 0 aliphatic carbocycles. The van der Waals surface area contributed by atoms with Crippen LogP contribution in [-0.4, -0.2) is 38.0 Å². The van der Waals surface area contributed by atoms with Gasteiger partial charge in [-0.05, 0) is 49.0 Å². The van der Waals surface area contributed by atoms with Crippen molar-refractivity contribution in [3.8, 4) is 5.75 Å². The van der Waals surface area contributed by atoms with Gasteiger partial charge in [-0.25, -0.2) is 0 Å². The first-order chi connectivity index (χ1) is 13.2. The molecular weight excluding hydrogens is 358 g/mol. The van der Waals surface area contributed by atoms with Crippen LogP contribution < -0.4 is 20.3 Å². The van der Waals surface area contributed by atoms with Crippen LogP contribution in [0.25, 0.3) is 0 Å². The summed E-state index contributed by atoms with van der Waals surface area (Å²) < 4.78 is 10.9. The van der Waals surface area contributed by atoms with Gasteiger partial charge in [0, 0.05) is 17.8 Å². The summed E-state index contributed by atoms with van der Waals surface area (Å²) in [5.41, 5.74) is 3.53. The van der Waals surface area contributed by atoms with Crippen LogP contribution in [0, 0.1) is 0 Å². The molecule has 1 fully saturated rings. The maximum absolute atomic E-state index is 5.44. The zero-order valence-corrected chi connectivity index (χ0v) is 16.6. The van der Waals surface area contributed by atoms with Gasteiger partial charge in [0.05, 0.1) is 19.8 Å². The molecule has 2 aromatic rings. The average Bonchev–Trinajstić information content (AvgIpc) is 2.70. The van der Waals surface area contributed by atoms with Gasteiger partial charge in [-0.3, -0.25) is 0 Å². The Morgan fingerprint density at radius 1 is 1.04 bits per heavy atom. The molecule has 6 heteroatoms. The quantitative estimate of drug-likeness (QED) is 0.636. The van der Waals surface area contributed by atoms with Crippen molar-refractivity contribution >= 4 is 23.0 Å². The maximum Gasteiger partial charge on any atom is 0.171 e. The SMILES string of the molecule is CCOc1ccc(NC(=S)NCc2ccc(C[NH+]3CCOCC3)cc2)cc1. The van der Waals surface area contributed by atoms with E-state index in [1.165, 1.54) is 11.1 Å². The van der Waals surface area contributed by atoms with Gasteiger partial charge in [0.15, 0.2) is 5.11 Å². The Kier molecular flexibility index (Phi) is 7.45. The first kappa shape index (κ1) is 19.6. The van der Waals surface area contributed by atoms with Crippen LogP contribution >= 0.6 is 12.2 Å². The molecule has 1 saturated heterocycles. The Labute approximate surface area is 166 Å². The number of anilines is 1. The van der Waals surface area contributed by atoms with E-state index in [9.17, 15) is 0 Å². The van der Waals surface area contributed by atoms with E-state index in [0.29, 0.717) is 18.3 Å². The molecule has 144 valence electrons. The number of nitrogens with one attached hydrogen (secondary N) is 3. The molecule has 1 heterocycles. The molecule has 2 aromatic carbocycles. The summed E-state index contributed by atoms with van der Waals surface area (Å²) in [6, 6.07) is 16.5. The summed E-state index contributed by atoms with van der Waals surface area (Å²) >= 11 is 5.38. The van der Waals surface area contributed by atoms with Crippen molar-refractivity contribution < 1.29 is 14.4 Å². The Balaban J connectivity index is 1.42. The third kappa shape index (κ3) is 6.50. The van der Waals surface area contributed by atoms with Gasteiger partial charge in [0.25, 0.3) is 0 Å². The standard InChI is InChI=1S/C21H27N3O2S/c1-2-26-20-9-7-19(8-10-20)23-21(27)22-15-17-3-5-18(6-4-17)16-24-11-13-25-14-12-24/h3-10H,2,11-16H2,1H3,(H2,22,23,27)/p+1. The summed E-state index contributed by atoms with van der Waals surface area (Å²) in [5.74, 6) is 0.862. The zero-order chi connectivity index (χ0) is 18.9. The van der Waals surface area contributed by atoms with Crippen LogP contribution in [0.5, 0.6) is 5.75 Å². The van der Waals surface area contributed by atoms with Gasteiger partial charge in [0.2, 0.25) is 0 Å². The first-order valence-corrected chi connectivity index (χ1v) is 9.90. The zero-order valence-electron chi connectivity index (χ0n) is 15.8. The number of benzene rings is 2. The van der Waals surface area contributed by atoms with E-state index >= 15 is 0 Å². The third-order valence-corrected chi connectivity index (χ3v) is 4.80. The van der Waals surface area contributed by atoms with Gasteiger partial charge >= 0.3 is 0 Å². The number of thiocarbonyl (C=S) groups is 1. The molecule has 0 bridgehead atoms. The fourth-order valence-electron chi connectivity index (χ4n) is 3.06.